The molecule has 1 aliphatic rings. The molecule has 0 amide bonds. The molecular formula is C12H20O2. The van der Waals surface area contributed by atoms with Crippen LogP contribution in [0.25, 0.3) is 0 Å². The zero-order valence-corrected chi connectivity index (χ0v) is 8.96. The first kappa shape index (κ1) is 11.3. The summed E-state index contributed by atoms with van der Waals surface area (Å²) in [7, 11) is 0. The van der Waals surface area contributed by atoms with E-state index in [0.29, 0.717) is 12.0 Å². The molecular weight excluding hydrogens is 176 g/mol. The fraction of sp³-hybridized carbons (Fsp3) is 0.750. The van der Waals surface area contributed by atoms with Gasteiger partial charge in [-0.3, -0.25) is 0 Å². The maximum Gasteiger partial charge on any atom is 0.330 e. The van der Waals surface area contributed by atoms with Crippen molar-refractivity contribution in [1.29, 1.82) is 0 Å². The molecule has 0 bridgehead atoms. The van der Waals surface area contributed by atoms with Crippen LogP contribution in [0.2, 0.25) is 0 Å². The van der Waals surface area contributed by atoms with Gasteiger partial charge in [-0.1, -0.05) is 32.8 Å². The molecule has 1 saturated carbocycles. The van der Waals surface area contributed by atoms with Crippen LogP contribution >= 0.6 is 0 Å². The summed E-state index contributed by atoms with van der Waals surface area (Å²) in [6.07, 6.45) is 6.87. The normalized spacial score (nSPS) is 27.2. The van der Waals surface area contributed by atoms with E-state index in [2.05, 4.69) is 13.5 Å². The molecule has 0 aliphatic heterocycles. The summed E-state index contributed by atoms with van der Waals surface area (Å²) in [5.41, 5.74) is 0.364. The number of hydrogen-bond donors (Lipinski definition) is 1. The predicted molar refractivity (Wildman–Crippen MR) is 57.1 cm³/mol. The van der Waals surface area contributed by atoms with Crippen LogP contribution < -0.4 is 0 Å². The van der Waals surface area contributed by atoms with E-state index in [1.54, 1.807) is 0 Å². The van der Waals surface area contributed by atoms with Crippen LogP contribution in [0.1, 0.15) is 45.4 Å². The molecule has 0 aromatic heterocycles. The van der Waals surface area contributed by atoms with Gasteiger partial charge in [0, 0.05) is 5.57 Å². The van der Waals surface area contributed by atoms with Gasteiger partial charge in [0.15, 0.2) is 0 Å². The summed E-state index contributed by atoms with van der Waals surface area (Å²) >= 11 is 0. The third-order valence-electron chi connectivity index (χ3n) is 3.20. The maximum atomic E-state index is 10.5. The van der Waals surface area contributed by atoms with Gasteiger partial charge in [-0.05, 0) is 31.1 Å². The lowest BCUT2D eigenvalue weighted by Gasteiger charge is -2.26. The Bertz CT molecular complexity index is 220. The van der Waals surface area contributed by atoms with E-state index >= 15 is 0 Å². The van der Waals surface area contributed by atoms with Crippen molar-refractivity contribution < 1.29 is 9.90 Å². The van der Waals surface area contributed by atoms with Crippen LogP contribution in [0, 0.1) is 11.8 Å². The molecule has 2 unspecified atom stereocenters. The van der Waals surface area contributed by atoms with E-state index in [4.69, 9.17) is 5.11 Å². The summed E-state index contributed by atoms with van der Waals surface area (Å²) in [6, 6.07) is 0. The van der Waals surface area contributed by atoms with Crippen LogP contribution in [0.3, 0.4) is 0 Å². The van der Waals surface area contributed by atoms with Gasteiger partial charge in [-0.25, -0.2) is 4.79 Å². The first-order chi connectivity index (χ1) is 6.59. The van der Waals surface area contributed by atoms with Crippen LogP contribution in [-0.2, 0) is 4.79 Å². The van der Waals surface area contributed by atoms with Crippen LogP contribution in [-0.4, -0.2) is 11.1 Å². The minimum atomic E-state index is -0.839. The largest absolute Gasteiger partial charge is 0.478 e. The monoisotopic (exact) mass is 196 g/mol. The Balaban J connectivity index is 2.24. The van der Waals surface area contributed by atoms with Crippen molar-refractivity contribution in [3.05, 3.63) is 12.2 Å². The Kier molecular flexibility index (Phi) is 4.18. The molecule has 14 heavy (non-hydrogen) atoms. The third kappa shape index (κ3) is 3.52. The highest BCUT2D eigenvalue weighted by atomic mass is 16.4. The van der Waals surface area contributed by atoms with E-state index in [1.165, 1.54) is 25.7 Å². The Labute approximate surface area is 86.0 Å². The number of carboxylic acid groups (broad SMARTS) is 1. The molecule has 0 aromatic rings. The number of carboxylic acids is 1. The summed E-state index contributed by atoms with van der Waals surface area (Å²) < 4.78 is 0. The van der Waals surface area contributed by atoms with Gasteiger partial charge < -0.3 is 5.11 Å². The molecule has 1 aliphatic carbocycles. The van der Waals surface area contributed by atoms with Gasteiger partial charge in [-0.2, -0.15) is 0 Å². The summed E-state index contributed by atoms with van der Waals surface area (Å²) in [5, 5.41) is 8.66. The summed E-state index contributed by atoms with van der Waals surface area (Å²) in [5.74, 6) is 0.718. The maximum absolute atomic E-state index is 10.5. The molecule has 1 N–H and O–H groups in total. The van der Waals surface area contributed by atoms with Gasteiger partial charge in [0.25, 0.3) is 0 Å². The number of rotatable bonds is 4. The molecule has 0 aromatic carbocycles. The first-order valence-corrected chi connectivity index (χ1v) is 5.50. The molecule has 2 heteroatoms. The van der Waals surface area contributed by atoms with Crippen molar-refractivity contribution in [3.63, 3.8) is 0 Å². The Hall–Kier alpha value is -0.790. The van der Waals surface area contributed by atoms with Gasteiger partial charge in [-0.15, -0.1) is 0 Å². The van der Waals surface area contributed by atoms with E-state index in [9.17, 15) is 4.79 Å². The fourth-order valence-electron chi connectivity index (χ4n) is 2.31. The van der Waals surface area contributed by atoms with Crippen molar-refractivity contribution in [3.8, 4) is 0 Å². The predicted octanol–water partition coefficient (Wildman–Crippen LogP) is 3.23. The van der Waals surface area contributed by atoms with Crippen LogP contribution in [0.4, 0.5) is 0 Å². The van der Waals surface area contributed by atoms with Gasteiger partial charge in [0.05, 0.1) is 0 Å². The highest BCUT2D eigenvalue weighted by molar-refractivity contribution is 5.85. The zero-order valence-electron chi connectivity index (χ0n) is 8.96. The average Bonchev–Trinajstić information content (AvgIpc) is 2.14. The van der Waals surface area contributed by atoms with Crippen molar-refractivity contribution in [1.82, 2.24) is 0 Å². The fourth-order valence-corrected chi connectivity index (χ4v) is 2.31. The Morgan fingerprint density at radius 2 is 2.21 bits per heavy atom. The number of hydrogen-bond acceptors (Lipinski definition) is 1. The molecule has 2 nitrogen and oxygen atoms in total. The lowest BCUT2D eigenvalue weighted by Crippen LogP contribution is -2.14. The van der Waals surface area contributed by atoms with Gasteiger partial charge in [0.2, 0.25) is 0 Å². The number of carbonyl (C=O) groups is 1. The molecule has 0 radical (unpaired) electrons. The van der Waals surface area contributed by atoms with Crippen molar-refractivity contribution in [2.75, 3.05) is 0 Å². The highest BCUT2D eigenvalue weighted by Gasteiger charge is 2.19. The number of aliphatic carboxylic acids is 1. The van der Waals surface area contributed by atoms with Gasteiger partial charge >= 0.3 is 5.97 Å². The van der Waals surface area contributed by atoms with Crippen molar-refractivity contribution >= 4 is 5.97 Å². The quantitative estimate of drug-likeness (QED) is 0.701. The standard InChI is InChI=1S/C12H20O2/c1-9-4-3-5-11(8-9)7-6-10(2)12(13)14/h9,11H,2-8H2,1H3,(H,13,14). The first-order valence-electron chi connectivity index (χ1n) is 5.50. The molecule has 1 fully saturated rings. The zero-order chi connectivity index (χ0) is 10.6. The smallest absolute Gasteiger partial charge is 0.330 e. The average molecular weight is 196 g/mol. The molecule has 0 saturated heterocycles. The third-order valence-corrected chi connectivity index (χ3v) is 3.20. The SMILES string of the molecule is C=C(CCC1CCCC(C)C1)C(=O)O. The second kappa shape index (κ2) is 5.18. The molecule has 0 heterocycles. The molecule has 2 atom stereocenters. The minimum absolute atomic E-state index is 0.364. The van der Waals surface area contributed by atoms with Crippen molar-refractivity contribution in [2.45, 2.75) is 45.4 Å². The highest BCUT2D eigenvalue weighted by Crippen LogP contribution is 2.32. The van der Waals surface area contributed by atoms with E-state index in [0.717, 1.165) is 18.3 Å². The molecule has 80 valence electrons. The molecule has 1 rings (SSSR count). The Morgan fingerprint density at radius 3 is 2.79 bits per heavy atom. The van der Waals surface area contributed by atoms with Crippen LogP contribution in [0.5, 0.6) is 0 Å². The molecule has 0 spiro atoms. The lowest BCUT2D eigenvalue weighted by molar-refractivity contribution is -0.132. The second-order valence-corrected chi connectivity index (χ2v) is 4.59. The van der Waals surface area contributed by atoms with E-state index in [-0.39, 0.29) is 0 Å². The van der Waals surface area contributed by atoms with Crippen LogP contribution in [0.15, 0.2) is 12.2 Å². The Morgan fingerprint density at radius 1 is 1.50 bits per heavy atom. The van der Waals surface area contributed by atoms with Gasteiger partial charge in [0.1, 0.15) is 0 Å². The van der Waals surface area contributed by atoms with E-state index in [1.807, 2.05) is 0 Å². The summed E-state index contributed by atoms with van der Waals surface area (Å²) in [6.45, 7) is 5.85. The summed E-state index contributed by atoms with van der Waals surface area (Å²) in [4.78, 5) is 10.5. The minimum Gasteiger partial charge on any atom is -0.478 e. The van der Waals surface area contributed by atoms with E-state index < -0.39 is 5.97 Å². The lowest BCUT2D eigenvalue weighted by atomic mass is 9.80. The van der Waals surface area contributed by atoms with Crippen molar-refractivity contribution in [2.24, 2.45) is 11.8 Å². The topological polar surface area (TPSA) is 37.3 Å². The second-order valence-electron chi connectivity index (χ2n) is 4.59.